The third kappa shape index (κ3) is 3.69. The number of aliphatic carboxylic acids is 1. The second-order valence-electron chi connectivity index (χ2n) is 7.94. The molecule has 4 aromatic rings. The summed E-state index contributed by atoms with van der Waals surface area (Å²) in [7, 11) is 1.61. The zero-order valence-corrected chi connectivity index (χ0v) is 17.7. The van der Waals surface area contributed by atoms with Gasteiger partial charge < -0.3 is 19.6 Å². The van der Waals surface area contributed by atoms with Gasteiger partial charge in [0.05, 0.1) is 13.2 Å². The maximum atomic E-state index is 11.9. The fraction of sp³-hybridized carbons (Fsp3) is 0.192. The van der Waals surface area contributed by atoms with E-state index in [1.807, 2.05) is 72.8 Å². The second-order valence-corrected chi connectivity index (χ2v) is 7.94. The van der Waals surface area contributed by atoms with E-state index >= 15 is 0 Å². The number of carbonyl (C=O) groups is 1. The number of H-pyrrole nitrogens is 1. The van der Waals surface area contributed by atoms with Crippen molar-refractivity contribution in [3.63, 3.8) is 0 Å². The number of aromatic nitrogens is 1. The van der Waals surface area contributed by atoms with Crippen LogP contribution in [0.4, 0.5) is 0 Å². The van der Waals surface area contributed by atoms with Crippen molar-refractivity contribution in [1.29, 1.82) is 0 Å². The van der Waals surface area contributed by atoms with Crippen LogP contribution in [-0.4, -0.2) is 29.2 Å². The molecule has 0 bridgehead atoms. The first-order chi connectivity index (χ1) is 15.6. The number of ether oxygens (including phenoxy) is 2. The number of nitrogens with one attached hydrogen (secondary N) is 2. The quantitative estimate of drug-likeness (QED) is 0.423. The van der Waals surface area contributed by atoms with Crippen molar-refractivity contribution in [2.75, 3.05) is 7.11 Å². The first-order valence-electron chi connectivity index (χ1n) is 10.6. The molecular formula is C26H24N2O4. The highest BCUT2D eigenvalue weighted by Crippen LogP contribution is 2.38. The highest BCUT2D eigenvalue weighted by Gasteiger charge is 2.34. The Labute approximate surface area is 185 Å². The van der Waals surface area contributed by atoms with Crippen LogP contribution in [0.5, 0.6) is 11.5 Å². The Bertz CT molecular complexity index is 1270. The number of rotatable bonds is 6. The van der Waals surface area contributed by atoms with E-state index in [9.17, 15) is 9.90 Å². The average Bonchev–Trinajstić information content (AvgIpc) is 3.21. The third-order valence-corrected chi connectivity index (χ3v) is 5.97. The molecule has 32 heavy (non-hydrogen) atoms. The Hall–Kier alpha value is -3.77. The summed E-state index contributed by atoms with van der Waals surface area (Å²) in [5.74, 6) is 0.388. The summed E-state index contributed by atoms with van der Waals surface area (Å²) in [6, 6.07) is 22.7. The molecule has 0 saturated carbocycles. The monoisotopic (exact) mass is 428 g/mol. The van der Waals surface area contributed by atoms with Crippen LogP contribution in [0.15, 0.2) is 72.8 Å². The lowest BCUT2D eigenvalue weighted by Gasteiger charge is -2.30. The molecule has 1 unspecified atom stereocenters. The summed E-state index contributed by atoms with van der Waals surface area (Å²) in [5, 5.41) is 14.1. The van der Waals surface area contributed by atoms with E-state index < -0.39 is 12.0 Å². The van der Waals surface area contributed by atoms with Gasteiger partial charge in [-0.05, 0) is 34.9 Å². The van der Waals surface area contributed by atoms with Gasteiger partial charge in [0.15, 0.2) is 11.5 Å². The molecule has 0 saturated heterocycles. The molecule has 6 nitrogen and oxygen atoms in total. The summed E-state index contributed by atoms with van der Waals surface area (Å²) in [6.45, 7) is 0.436. The van der Waals surface area contributed by atoms with Gasteiger partial charge in [0.2, 0.25) is 0 Å². The summed E-state index contributed by atoms with van der Waals surface area (Å²) < 4.78 is 11.6. The summed E-state index contributed by atoms with van der Waals surface area (Å²) in [6.07, 6.45) is 0.431. The van der Waals surface area contributed by atoms with Crippen molar-refractivity contribution < 1.29 is 19.4 Å². The smallest absolute Gasteiger partial charge is 0.321 e. The summed E-state index contributed by atoms with van der Waals surface area (Å²) in [5.41, 5.74) is 5.02. The molecule has 0 amide bonds. The highest BCUT2D eigenvalue weighted by atomic mass is 16.5. The van der Waals surface area contributed by atoms with Crippen LogP contribution in [0.1, 0.15) is 28.4 Å². The number of hydrogen-bond donors (Lipinski definition) is 3. The number of fused-ring (bicyclic) bond motifs is 3. The SMILES string of the molecule is COc1cc(C2N[C@@H](C(=O)O)Cc3c2[nH]c2ccccc32)ccc1OCc1ccccc1. The number of hydrogen-bond acceptors (Lipinski definition) is 4. The van der Waals surface area contributed by atoms with Gasteiger partial charge in [-0.15, -0.1) is 0 Å². The summed E-state index contributed by atoms with van der Waals surface area (Å²) >= 11 is 0. The van der Waals surface area contributed by atoms with Gasteiger partial charge in [-0.3, -0.25) is 10.1 Å². The van der Waals surface area contributed by atoms with Crippen LogP contribution >= 0.6 is 0 Å². The van der Waals surface area contributed by atoms with Crippen molar-refractivity contribution in [3.8, 4) is 11.5 Å². The van der Waals surface area contributed by atoms with E-state index in [1.54, 1.807) is 7.11 Å². The standard InChI is InChI=1S/C26H24N2O4/c1-31-23-13-17(11-12-22(23)32-15-16-7-3-2-4-8-16)24-25-19(14-21(28-24)26(29)30)18-9-5-6-10-20(18)27-25/h2-13,21,24,27-28H,14-15H2,1H3,(H,29,30)/t21-,24?/m1/s1. The number of para-hydroxylation sites is 1. The Morgan fingerprint density at radius 2 is 1.81 bits per heavy atom. The van der Waals surface area contributed by atoms with E-state index in [-0.39, 0.29) is 6.04 Å². The first-order valence-corrected chi connectivity index (χ1v) is 10.6. The lowest BCUT2D eigenvalue weighted by molar-refractivity contribution is -0.139. The molecule has 0 fully saturated rings. The molecule has 1 aromatic heterocycles. The van der Waals surface area contributed by atoms with Crippen LogP contribution in [0.2, 0.25) is 0 Å². The fourth-order valence-electron chi connectivity index (χ4n) is 4.37. The molecule has 2 heterocycles. The topological polar surface area (TPSA) is 83.6 Å². The molecule has 1 aliphatic heterocycles. The second kappa shape index (κ2) is 8.40. The number of carboxylic acid groups (broad SMARTS) is 1. The van der Waals surface area contributed by atoms with Gasteiger partial charge in [0, 0.05) is 23.0 Å². The zero-order valence-electron chi connectivity index (χ0n) is 17.7. The van der Waals surface area contributed by atoms with E-state index in [0.717, 1.165) is 33.3 Å². The Balaban J connectivity index is 1.50. The molecular weight excluding hydrogens is 404 g/mol. The van der Waals surface area contributed by atoms with Gasteiger partial charge in [-0.25, -0.2) is 0 Å². The normalized spacial score (nSPS) is 17.7. The van der Waals surface area contributed by atoms with Gasteiger partial charge in [0.1, 0.15) is 12.6 Å². The van der Waals surface area contributed by atoms with Gasteiger partial charge in [-0.2, -0.15) is 0 Å². The van der Waals surface area contributed by atoms with Crippen molar-refractivity contribution >= 4 is 16.9 Å². The molecule has 3 aromatic carbocycles. The Kier molecular flexibility index (Phi) is 5.29. The van der Waals surface area contributed by atoms with Crippen molar-refractivity contribution in [2.45, 2.75) is 25.1 Å². The van der Waals surface area contributed by atoms with E-state index in [0.29, 0.717) is 24.5 Å². The van der Waals surface area contributed by atoms with E-state index in [1.165, 1.54) is 0 Å². The number of carboxylic acids is 1. The van der Waals surface area contributed by atoms with Gasteiger partial charge in [0.25, 0.3) is 0 Å². The minimum Gasteiger partial charge on any atom is -0.493 e. The largest absolute Gasteiger partial charge is 0.493 e. The van der Waals surface area contributed by atoms with Crippen LogP contribution < -0.4 is 14.8 Å². The van der Waals surface area contributed by atoms with Crippen molar-refractivity contribution in [2.24, 2.45) is 0 Å². The van der Waals surface area contributed by atoms with E-state index in [4.69, 9.17) is 9.47 Å². The molecule has 2 atom stereocenters. The highest BCUT2D eigenvalue weighted by molar-refractivity contribution is 5.87. The predicted molar refractivity (Wildman–Crippen MR) is 122 cm³/mol. The molecule has 6 heteroatoms. The number of benzene rings is 3. The molecule has 0 spiro atoms. The molecule has 0 aliphatic carbocycles. The zero-order chi connectivity index (χ0) is 22.1. The fourth-order valence-corrected chi connectivity index (χ4v) is 4.37. The predicted octanol–water partition coefficient (Wildman–Crippen LogP) is 4.44. The first kappa shape index (κ1) is 20.2. The molecule has 3 N–H and O–H groups in total. The van der Waals surface area contributed by atoms with E-state index in [2.05, 4.69) is 10.3 Å². The van der Waals surface area contributed by atoms with Crippen molar-refractivity contribution in [1.82, 2.24) is 10.3 Å². The Morgan fingerprint density at radius 1 is 1.03 bits per heavy atom. The maximum absolute atomic E-state index is 11.9. The third-order valence-electron chi connectivity index (χ3n) is 5.97. The van der Waals surface area contributed by atoms with Crippen LogP contribution in [0, 0.1) is 0 Å². The Morgan fingerprint density at radius 3 is 2.59 bits per heavy atom. The lowest BCUT2D eigenvalue weighted by Crippen LogP contribution is -2.44. The van der Waals surface area contributed by atoms with Gasteiger partial charge in [-0.1, -0.05) is 54.6 Å². The molecule has 162 valence electrons. The van der Waals surface area contributed by atoms with Crippen LogP contribution in [0.3, 0.4) is 0 Å². The summed E-state index contributed by atoms with van der Waals surface area (Å²) in [4.78, 5) is 15.4. The number of methoxy groups -OCH3 is 1. The van der Waals surface area contributed by atoms with Crippen molar-refractivity contribution in [3.05, 3.63) is 95.2 Å². The maximum Gasteiger partial charge on any atom is 0.321 e. The minimum atomic E-state index is -0.860. The van der Waals surface area contributed by atoms with Crippen LogP contribution in [0.25, 0.3) is 10.9 Å². The number of aromatic amines is 1. The van der Waals surface area contributed by atoms with Gasteiger partial charge >= 0.3 is 5.97 Å². The molecule has 5 rings (SSSR count). The molecule has 0 radical (unpaired) electrons. The molecule has 1 aliphatic rings. The average molecular weight is 428 g/mol. The minimum absolute atomic E-state index is 0.302. The lowest BCUT2D eigenvalue weighted by atomic mass is 9.90. The van der Waals surface area contributed by atoms with Crippen LogP contribution in [-0.2, 0) is 17.8 Å².